The smallest absolute Gasteiger partial charge is 0.261 e. The summed E-state index contributed by atoms with van der Waals surface area (Å²) in [6.07, 6.45) is 1.44. The van der Waals surface area contributed by atoms with Crippen molar-refractivity contribution in [1.82, 2.24) is 24.6 Å². The van der Waals surface area contributed by atoms with Gasteiger partial charge in [0.1, 0.15) is 12.3 Å². The Morgan fingerprint density at radius 1 is 0.943 bits per heavy atom. The Balaban J connectivity index is 1.19. The van der Waals surface area contributed by atoms with Gasteiger partial charge in [0.05, 0.1) is 29.5 Å². The first kappa shape index (κ1) is 22.5. The summed E-state index contributed by atoms with van der Waals surface area (Å²) in [6.45, 7) is 4.96. The molecule has 5 rings (SSSR count). The lowest BCUT2D eigenvalue weighted by molar-refractivity contribution is -0.132. The molecule has 9 nitrogen and oxygen atoms in total. The first-order chi connectivity index (χ1) is 17.1. The van der Waals surface area contributed by atoms with Gasteiger partial charge in [-0.1, -0.05) is 12.1 Å². The largest absolute Gasteiger partial charge is 0.494 e. The Morgan fingerprint density at radius 2 is 1.71 bits per heavy atom. The van der Waals surface area contributed by atoms with Gasteiger partial charge in [-0.05, 0) is 55.5 Å². The molecule has 35 heavy (non-hydrogen) atoms. The summed E-state index contributed by atoms with van der Waals surface area (Å²) in [7, 11) is 0. The third-order valence-electron chi connectivity index (χ3n) is 6.11. The zero-order chi connectivity index (χ0) is 24.2. The Kier molecular flexibility index (Phi) is 6.38. The molecule has 0 bridgehead atoms. The molecule has 0 atom stereocenters. The van der Waals surface area contributed by atoms with Gasteiger partial charge in [0, 0.05) is 31.7 Å². The van der Waals surface area contributed by atoms with E-state index >= 15 is 0 Å². The van der Waals surface area contributed by atoms with Crippen LogP contribution in [-0.2, 0) is 11.3 Å². The Hall–Kier alpha value is -4.27. The summed E-state index contributed by atoms with van der Waals surface area (Å²) in [5.74, 6) is 1.51. The fourth-order valence-electron chi connectivity index (χ4n) is 4.19. The highest BCUT2D eigenvalue weighted by atomic mass is 16.5. The van der Waals surface area contributed by atoms with Crippen LogP contribution < -0.4 is 15.2 Å². The maximum atomic E-state index is 12.8. The topological polar surface area (TPSA) is 93.5 Å². The predicted octanol–water partition coefficient (Wildman–Crippen LogP) is 2.60. The van der Waals surface area contributed by atoms with E-state index in [4.69, 9.17) is 4.74 Å². The normalized spacial score (nSPS) is 13.7. The van der Waals surface area contributed by atoms with Crippen molar-refractivity contribution >= 4 is 22.6 Å². The summed E-state index contributed by atoms with van der Waals surface area (Å²) in [5, 5.41) is 9.30. The molecular weight excluding hydrogens is 444 g/mol. The van der Waals surface area contributed by atoms with E-state index in [-0.39, 0.29) is 18.0 Å². The number of fused-ring (bicyclic) bond motifs is 1. The maximum Gasteiger partial charge on any atom is 0.261 e. The van der Waals surface area contributed by atoms with Gasteiger partial charge < -0.3 is 14.5 Å². The van der Waals surface area contributed by atoms with Crippen molar-refractivity contribution in [3.8, 4) is 17.0 Å². The van der Waals surface area contributed by atoms with Gasteiger partial charge >= 0.3 is 0 Å². The molecule has 0 spiro atoms. The molecule has 0 N–H and O–H groups in total. The number of piperazine rings is 1. The van der Waals surface area contributed by atoms with Crippen molar-refractivity contribution in [2.75, 3.05) is 37.7 Å². The van der Waals surface area contributed by atoms with Crippen LogP contribution in [0.25, 0.3) is 22.2 Å². The van der Waals surface area contributed by atoms with Crippen LogP contribution in [0.3, 0.4) is 0 Å². The third kappa shape index (κ3) is 4.84. The van der Waals surface area contributed by atoms with Crippen LogP contribution in [0.5, 0.6) is 5.75 Å². The first-order valence-electron chi connectivity index (χ1n) is 11.7. The molecule has 1 fully saturated rings. The van der Waals surface area contributed by atoms with E-state index in [1.54, 1.807) is 23.1 Å². The molecule has 178 valence electrons. The second-order valence-electron chi connectivity index (χ2n) is 8.30. The standard InChI is InChI=1S/C26H26N6O3/c1-2-35-20-9-7-19(8-10-20)22-11-12-24(29-28-22)30-13-15-31(16-14-30)25(33)17-32-18-27-23-6-4-3-5-21(23)26(32)34/h3-12,18H,2,13-17H2,1H3. The van der Waals surface area contributed by atoms with Crippen LogP contribution in [0.4, 0.5) is 5.82 Å². The van der Waals surface area contributed by atoms with Gasteiger partial charge in [-0.2, -0.15) is 0 Å². The summed E-state index contributed by atoms with van der Waals surface area (Å²) in [6, 6.07) is 18.8. The molecule has 2 aromatic carbocycles. The zero-order valence-electron chi connectivity index (χ0n) is 19.5. The maximum absolute atomic E-state index is 12.8. The second-order valence-corrected chi connectivity index (χ2v) is 8.30. The summed E-state index contributed by atoms with van der Waals surface area (Å²) in [5.41, 5.74) is 2.19. The van der Waals surface area contributed by atoms with E-state index in [2.05, 4.69) is 20.1 Å². The number of carbonyl (C=O) groups excluding carboxylic acids is 1. The molecule has 1 saturated heterocycles. The van der Waals surface area contributed by atoms with Crippen LogP contribution in [0.1, 0.15) is 6.92 Å². The van der Waals surface area contributed by atoms with Crippen LogP contribution in [-0.4, -0.2) is 63.3 Å². The van der Waals surface area contributed by atoms with E-state index in [9.17, 15) is 9.59 Å². The van der Waals surface area contributed by atoms with Crippen molar-refractivity contribution < 1.29 is 9.53 Å². The molecule has 4 aromatic rings. The number of rotatable bonds is 6. The number of para-hydroxylation sites is 1. The average Bonchev–Trinajstić information content (AvgIpc) is 2.91. The van der Waals surface area contributed by atoms with Crippen LogP contribution in [0, 0.1) is 0 Å². The highest BCUT2D eigenvalue weighted by Crippen LogP contribution is 2.22. The second kappa shape index (κ2) is 9.92. The van der Waals surface area contributed by atoms with Gasteiger partial charge in [-0.15, -0.1) is 10.2 Å². The molecule has 2 aromatic heterocycles. The molecule has 0 saturated carbocycles. The monoisotopic (exact) mass is 470 g/mol. The van der Waals surface area contributed by atoms with E-state index in [1.165, 1.54) is 10.9 Å². The quantitative estimate of drug-likeness (QED) is 0.428. The molecule has 0 aliphatic carbocycles. The fourth-order valence-corrected chi connectivity index (χ4v) is 4.19. The minimum Gasteiger partial charge on any atom is -0.494 e. The lowest BCUT2D eigenvalue weighted by atomic mass is 10.1. The third-order valence-corrected chi connectivity index (χ3v) is 6.11. The van der Waals surface area contributed by atoms with E-state index < -0.39 is 0 Å². The molecule has 1 aliphatic heterocycles. The molecule has 0 radical (unpaired) electrons. The average molecular weight is 471 g/mol. The molecule has 0 unspecified atom stereocenters. The summed E-state index contributed by atoms with van der Waals surface area (Å²) >= 11 is 0. The number of nitrogens with zero attached hydrogens (tertiary/aromatic N) is 6. The lowest BCUT2D eigenvalue weighted by Gasteiger charge is -2.35. The van der Waals surface area contributed by atoms with Crippen LogP contribution in [0.15, 0.2) is 71.8 Å². The molecule has 1 aliphatic rings. The Bertz CT molecular complexity index is 1380. The Morgan fingerprint density at radius 3 is 2.43 bits per heavy atom. The number of aromatic nitrogens is 4. The highest BCUT2D eigenvalue weighted by molar-refractivity contribution is 5.79. The van der Waals surface area contributed by atoms with Crippen LogP contribution >= 0.6 is 0 Å². The van der Waals surface area contributed by atoms with Gasteiger partial charge in [0.15, 0.2) is 5.82 Å². The van der Waals surface area contributed by atoms with Crippen molar-refractivity contribution in [2.45, 2.75) is 13.5 Å². The SMILES string of the molecule is CCOc1ccc(-c2ccc(N3CCN(C(=O)Cn4cnc5ccccc5c4=O)CC3)nn2)cc1. The number of hydrogen-bond acceptors (Lipinski definition) is 7. The highest BCUT2D eigenvalue weighted by Gasteiger charge is 2.23. The number of carbonyl (C=O) groups is 1. The fraction of sp³-hybridized carbons (Fsp3) is 0.269. The summed E-state index contributed by atoms with van der Waals surface area (Å²) < 4.78 is 6.86. The minimum absolute atomic E-state index is 0.0206. The van der Waals surface area contributed by atoms with Crippen molar-refractivity contribution in [2.24, 2.45) is 0 Å². The lowest BCUT2D eigenvalue weighted by Crippen LogP contribution is -2.50. The van der Waals surface area contributed by atoms with Crippen LogP contribution in [0.2, 0.25) is 0 Å². The van der Waals surface area contributed by atoms with E-state index in [0.717, 1.165) is 22.8 Å². The van der Waals surface area contributed by atoms with E-state index in [1.807, 2.05) is 49.4 Å². The number of anilines is 1. The van der Waals surface area contributed by atoms with Crippen molar-refractivity contribution in [3.63, 3.8) is 0 Å². The van der Waals surface area contributed by atoms with Gasteiger partial charge in [0.2, 0.25) is 5.91 Å². The summed E-state index contributed by atoms with van der Waals surface area (Å²) in [4.78, 5) is 33.7. The van der Waals surface area contributed by atoms with Gasteiger partial charge in [0.25, 0.3) is 5.56 Å². The molecular formula is C26H26N6O3. The molecule has 9 heteroatoms. The molecule has 1 amide bonds. The number of amides is 1. The number of ether oxygens (including phenoxy) is 1. The Labute approximate surface area is 202 Å². The van der Waals surface area contributed by atoms with Crippen molar-refractivity contribution in [1.29, 1.82) is 0 Å². The zero-order valence-corrected chi connectivity index (χ0v) is 19.5. The van der Waals surface area contributed by atoms with Crippen molar-refractivity contribution in [3.05, 3.63) is 77.3 Å². The van der Waals surface area contributed by atoms with Gasteiger partial charge in [-0.3, -0.25) is 14.2 Å². The first-order valence-corrected chi connectivity index (χ1v) is 11.7. The number of benzene rings is 2. The minimum atomic E-state index is -0.203. The van der Waals surface area contributed by atoms with E-state index in [0.29, 0.717) is 43.7 Å². The predicted molar refractivity (Wildman–Crippen MR) is 133 cm³/mol. The molecule has 3 heterocycles. The van der Waals surface area contributed by atoms with Gasteiger partial charge in [-0.25, -0.2) is 4.98 Å². The number of hydrogen-bond donors (Lipinski definition) is 0.